The van der Waals surface area contributed by atoms with Gasteiger partial charge in [-0.15, -0.1) is 0 Å². The minimum absolute atomic E-state index is 0.0633. The molecule has 1 heterocycles. The molecule has 2 aromatic rings. The lowest BCUT2D eigenvalue weighted by atomic mass is 9.92. The minimum atomic E-state index is -0.0633. The van der Waals surface area contributed by atoms with Gasteiger partial charge in [0.05, 0.1) is 0 Å². The Balaban J connectivity index is 1.61. The second-order valence-electron chi connectivity index (χ2n) is 7.42. The fraction of sp³-hybridized carbons (Fsp3) is 0.391. The van der Waals surface area contributed by atoms with Gasteiger partial charge in [0.1, 0.15) is 0 Å². The fourth-order valence-electron chi connectivity index (χ4n) is 3.61. The summed E-state index contributed by atoms with van der Waals surface area (Å²) < 4.78 is 0. The van der Waals surface area contributed by atoms with E-state index in [0.717, 1.165) is 31.5 Å². The van der Waals surface area contributed by atoms with Crippen LogP contribution >= 0.6 is 0 Å². The van der Waals surface area contributed by atoms with Crippen LogP contribution in [0.3, 0.4) is 0 Å². The van der Waals surface area contributed by atoms with Gasteiger partial charge in [0.25, 0.3) is 5.91 Å². The van der Waals surface area contributed by atoms with E-state index < -0.39 is 0 Å². The van der Waals surface area contributed by atoms with E-state index in [1.54, 1.807) is 0 Å². The molecule has 0 aromatic heterocycles. The van der Waals surface area contributed by atoms with E-state index in [4.69, 9.17) is 0 Å². The minimum Gasteiger partial charge on any atom is -0.352 e. The van der Waals surface area contributed by atoms with E-state index in [-0.39, 0.29) is 11.8 Å². The second-order valence-corrected chi connectivity index (χ2v) is 7.42. The first-order valence-corrected chi connectivity index (χ1v) is 9.81. The molecule has 4 heteroatoms. The van der Waals surface area contributed by atoms with Crippen molar-refractivity contribution in [3.63, 3.8) is 0 Å². The number of nitrogens with one attached hydrogen (secondary N) is 1. The molecular weight excluding hydrogens is 336 g/mol. The maximum absolute atomic E-state index is 12.5. The largest absolute Gasteiger partial charge is 0.352 e. The van der Waals surface area contributed by atoms with Crippen LogP contribution in [-0.2, 0) is 4.79 Å². The summed E-state index contributed by atoms with van der Waals surface area (Å²) in [5.74, 6) is 0.594. The molecule has 0 radical (unpaired) electrons. The molecule has 0 unspecified atom stereocenters. The molecule has 0 atom stereocenters. The lowest BCUT2D eigenvalue weighted by Crippen LogP contribution is -2.30. The molecule has 27 heavy (non-hydrogen) atoms. The summed E-state index contributed by atoms with van der Waals surface area (Å²) in [4.78, 5) is 26.0. The summed E-state index contributed by atoms with van der Waals surface area (Å²) in [6.45, 7) is 6.52. The molecule has 2 amide bonds. The number of benzene rings is 2. The third-order valence-electron chi connectivity index (χ3n) is 5.08. The maximum Gasteiger partial charge on any atom is 0.251 e. The Kier molecular flexibility index (Phi) is 6.28. The number of hydrogen-bond donors (Lipinski definition) is 1. The van der Waals surface area contributed by atoms with E-state index in [2.05, 4.69) is 43.4 Å². The number of hydrogen-bond acceptors (Lipinski definition) is 2. The molecule has 1 fully saturated rings. The number of nitrogens with zero attached hydrogens (tertiary/aromatic N) is 1. The van der Waals surface area contributed by atoms with Gasteiger partial charge in [-0.25, -0.2) is 0 Å². The van der Waals surface area contributed by atoms with E-state index in [1.165, 1.54) is 11.1 Å². The first-order chi connectivity index (χ1) is 13.1. The number of amides is 2. The molecule has 0 aliphatic carbocycles. The summed E-state index contributed by atoms with van der Waals surface area (Å²) >= 11 is 0. The van der Waals surface area contributed by atoms with E-state index in [1.807, 2.05) is 29.2 Å². The van der Waals surface area contributed by atoms with Crippen LogP contribution in [0, 0.1) is 0 Å². The Morgan fingerprint density at radius 2 is 1.96 bits per heavy atom. The van der Waals surface area contributed by atoms with E-state index >= 15 is 0 Å². The fourth-order valence-corrected chi connectivity index (χ4v) is 3.61. The van der Waals surface area contributed by atoms with Crippen LogP contribution in [0.4, 0.5) is 0 Å². The van der Waals surface area contributed by atoms with Gasteiger partial charge < -0.3 is 10.2 Å². The Hall–Kier alpha value is -2.62. The Morgan fingerprint density at radius 1 is 1.15 bits per heavy atom. The zero-order valence-electron chi connectivity index (χ0n) is 16.2. The third-order valence-corrected chi connectivity index (χ3v) is 5.08. The van der Waals surface area contributed by atoms with Crippen molar-refractivity contribution in [3.05, 3.63) is 59.7 Å². The zero-order chi connectivity index (χ0) is 19.2. The van der Waals surface area contributed by atoms with Gasteiger partial charge in [-0.1, -0.05) is 50.2 Å². The summed E-state index contributed by atoms with van der Waals surface area (Å²) in [7, 11) is 0. The smallest absolute Gasteiger partial charge is 0.251 e. The average molecular weight is 364 g/mol. The predicted molar refractivity (Wildman–Crippen MR) is 109 cm³/mol. The van der Waals surface area contributed by atoms with Crippen LogP contribution < -0.4 is 5.32 Å². The van der Waals surface area contributed by atoms with Crippen LogP contribution in [0.2, 0.25) is 0 Å². The van der Waals surface area contributed by atoms with Crippen LogP contribution in [0.25, 0.3) is 11.1 Å². The first kappa shape index (κ1) is 19.2. The lowest BCUT2D eigenvalue weighted by Gasteiger charge is -2.15. The SMILES string of the molecule is CC(C)c1ccccc1-c1cccc(C(=O)NCCCN2CCCC2=O)c1. The van der Waals surface area contributed by atoms with Crippen molar-refractivity contribution in [2.24, 2.45) is 0 Å². The summed E-state index contributed by atoms with van der Waals surface area (Å²) in [6.07, 6.45) is 2.40. The normalized spacial score (nSPS) is 14.0. The van der Waals surface area contributed by atoms with Crippen molar-refractivity contribution in [1.82, 2.24) is 10.2 Å². The van der Waals surface area contributed by atoms with Gasteiger partial charge in [-0.3, -0.25) is 9.59 Å². The van der Waals surface area contributed by atoms with Crippen LogP contribution in [0.1, 0.15) is 54.9 Å². The Bertz CT molecular complexity index is 814. The number of rotatable bonds is 7. The highest BCUT2D eigenvalue weighted by Crippen LogP contribution is 2.29. The number of carbonyl (C=O) groups excluding carboxylic acids is 2. The van der Waals surface area contributed by atoms with Crippen molar-refractivity contribution in [2.45, 2.75) is 39.0 Å². The van der Waals surface area contributed by atoms with Gasteiger partial charge in [0.15, 0.2) is 0 Å². The summed E-state index contributed by atoms with van der Waals surface area (Å²) in [5.41, 5.74) is 4.19. The van der Waals surface area contributed by atoms with Gasteiger partial charge in [-0.2, -0.15) is 0 Å². The van der Waals surface area contributed by atoms with Gasteiger partial charge in [0, 0.05) is 31.6 Å². The van der Waals surface area contributed by atoms with Gasteiger partial charge in [-0.05, 0) is 47.6 Å². The maximum atomic E-state index is 12.5. The Labute approximate surface area is 161 Å². The molecule has 0 bridgehead atoms. The lowest BCUT2D eigenvalue weighted by molar-refractivity contribution is -0.127. The quantitative estimate of drug-likeness (QED) is 0.748. The van der Waals surface area contributed by atoms with Crippen LogP contribution in [-0.4, -0.2) is 36.3 Å². The van der Waals surface area contributed by atoms with Crippen molar-refractivity contribution < 1.29 is 9.59 Å². The standard InChI is InChI=1S/C23H28N2O2/c1-17(2)20-10-3-4-11-21(20)18-8-5-9-19(16-18)23(27)24-13-7-15-25-14-6-12-22(25)26/h3-5,8-11,16-17H,6-7,12-15H2,1-2H3,(H,24,27). The highest BCUT2D eigenvalue weighted by atomic mass is 16.2. The van der Waals surface area contributed by atoms with E-state index in [0.29, 0.717) is 24.4 Å². The van der Waals surface area contributed by atoms with E-state index in [9.17, 15) is 9.59 Å². The molecule has 0 spiro atoms. The highest BCUT2D eigenvalue weighted by Gasteiger charge is 2.19. The monoisotopic (exact) mass is 364 g/mol. The molecular formula is C23H28N2O2. The zero-order valence-corrected chi connectivity index (χ0v) is 16.2. The van der Waals surface area contributed by atoms with Crippen LogP contribution in [0.15, 0.2) is 48.5 Å². The molecule has 4 nitrogen and oxygen atoms in total. The first-order valence-electron chi connectivity index (χ1n) is 9.81. The summed E-state index contributed by atoms with van der Waals surface area (Å²) in [5, 5.41) is 2.98. The van der Waals surface area contributed by atoms with Crippen LogP contribution in [0.5, 0.6) is 0 Å². The second kappa shape index (κ2) is 8.85. The van der Waals surface area contributed by atoms with Gasteiger partial charge >= 0.3 is 0 Å². The molecule has 1 saturated heterocycles. The van der Waals surface area contributed by atoms with Gasteiger partial charge in [0.2, 0.25) is 5.91 Å². The van der Waals surface area contributed by atoms with Crippen molar-refractivity contribution in [1.29, 1.82) is 0 Å². The Morgan fingerprint density at radius 3 is 2.70 bits per heavy atom. The topological polar surface area (TPSA) is 49.4 Å². The molecule has 1 N–H and O–H groups in total. The molecule has 0 saturated carbocycles. The van der Waals surface area contributed by atoms with Crippen molar-refractivity contribution in [3.8, 4) is 11.1 Å². The predicted octanol–water partition coefficient (Wildman–Crippen LogP) is 4.22. The third kappa shape index (κ3) is 4.76. The van der Waals surface area contributed by atoms with Crippen molar-refractivity contribution >= 4 is 11.8 Å². The molecule has 3 rings (SSSR count). The number of likely N-dealkylation sites (tertiary alicyclic amines) is 1. The highest BCUT2D eigenvalue weighted by molar-refractivity contribution is 5.95. The average Bonchev–Trinajstić information content (AvgIpc) is 3.10. The van der Waals surface area contributed by atoms with Crippen molar-refractivity contribution in [2.75, 3.05) is 19.6 Å². The number of carbonyl (C=O) groups is 2. The summed E-state index contributed by atoms with van der Waals surface area (Å²) in [6, 6.07) is 16.1. The molecule has 142 valence electrons. The molecule has 1 aliphatic heterocycles. The molecule has 2 aromatic carbocycles. The molecule has 1 aliphatic rings.